The lowest BCUT2D eigenvalue weighted by atomic mass is 9.92. The van der Waals surface area contributed by atoms with Crippen molar-refractivity contribution in [2.24, 2.45) is 5.92 Å². The summed E-state index contributed by atoms with van der Waals surface area (Å²) >= 11 is 0. The smallest absolute Gasteiger partial charge is 0.253 e. The molecule has 2 aliphatic rings. The summed E-state index contributed by atoms with van der Waals surface area (Å²) in [5.74, 6) is 0.424. The number of likely N-dealkylation sites (tertiary alicyclic amines) is 1. The quantitative estimate of drug-likeness (QED) is 0.908. The van der Waals surface area contributed by atoms with E-state index in [1.807, 2.05) is 30.0 Å². The van der Waals surface area contributed by atoms with Crippen LogP contribution in [-0.2, 0) is 16.1 Å². The third kappa shape index (κ3) is 4.35. The van der Waals surface area contributed by atoms with Crippen molar-refractivity contribution >= 4 is 5.91 Å². The summed E-state index contributed by atoms with van der Waals surface area (Å²) < 4.78 is 5.75. The van der Waals surface area contributed by atoms with Crippen LogP contribution in [0.25, 0.3) is 0 Å². The number of piperidine rings is 1. The third-order valence-electron chi connectivity index (χ3n) is 5.21. The molecule has 0 spiro atoms. The monoisotopic (exact) mass is 332 g/mol. The summed E-state index contributed by atoms with van der Waals surface area (Å²) in [4.78, 5) is 16.9. The second-order valence-corrected chi connectivity index (χ2v) is 6.98. The lowest BCUT2D eigenvalue weighted by Crippen LogP contribution is -2.52. The van der Waals surface area contributed by atoms with Gasteiger partial charge in [0.1, 0.15) is 6.10 Å². The Labute approximate surface area is 144 Å². The van der Waals surface area contributed by atoms with E-state index in [9.17, 15) is 9.90 Å². The molecule has 0 bridgehead atoms. The zero-order valence-electron chi connectivity index (χ0n) is 14.4. The van der Waals surface area contributed by atoms with Crippen LogP contribution in [0.2, 0.25) is 0 Å². The van der Waals surface area contributed by atoms with Gasteiger partial charge < -0.3 is 14.7 Å². The maximum atomic E-state index is 12.7. The van der Waals surface area contributed by atoms with Gasteiger partial charge in [-0.1, -0.05) is 30.3 Å². The Morgan fingerprint density at radius 1 is 1.25 bits per heavy atom. The molecular formula is C19H28N2O3. The highest BCUT2D eigenvalue weighted by Crippen LogP contribution is 2.22. The van der Waals surface area contributed by atoms with Gasteiger partial charge in [-0.2, -0.15) is 0 Å². The van der Waals surface area contributed by atoms with Crippen molar-refractivity contribution in [2.45, 2.75) is 38.5 Å². The molecule has 0 unspecified atom stereocenters. The molecule has 3 rings (SSSR count). The number of aliphatic hydroxyl groups is 1. The molecule has 2 atom stereocenters. The fourth-order valence-electron chi connectivity index (χ4n) is 3.64. The molecule has 1 aromatic rings. The zero-order valence-corrected chi connectivity index (χ0v) is 14.4. The SMILES string of the molecule is C[C@H](O)C1CCN(C(=O)[C@@H]2CN(Cc3ccccc3)CCO2)CC1. The van der Waals surface area contributed by atoms with E-state index < -0.39 is 0 Å². The number of nitrogens with zero attached hydrogens (tertiary/aromatic N) is 2. The van der Waals surface area contributed by atoms with Crippen LogP contribution in [0.1, 0.15) is 25.3 Å². The largest absolute Gasteiger partial charge is 0.393 e. The molecular weight excluding hydrogens is 304 g/mol. The molecule has 1 N–H and O–H groups in total. The third-order valence-corrected chi connectivity index (χ3v) is 5.21. The second kappa shape index (κ2) is 8.10. The molecule has 1 amide bonds. The summed E-state index contributed by atoms with van der Waals surface area (Å²) in [6.07, 6.45) is 1.12. The Kier molecular flexibility index (Phi) is 5.87. The normalized spacial score (nSPS) is 24.8. The number of aliphatic hydroxyl groups excluding tert-OH is 1. The summed E-state index contributed by atoms with van der Waals surface area (Å²) in [5.41, 5.74) is 1.27. The summed E-state index contributed by atoms with van der Waals surface area (Å²) in [7, 11) is 0. The van der Waals surface area contributed by atoms with Crippen LogP contribution in [0.3, 0.4) is 0 Å². The van der Waals surface area contributed by atoms with E-state index in [2.05, 4.69) is 17.0 Å². The van der Waals surface area contributed by atoms with Gasteiger partial charge in [0.15, 0.2) is 0 Å². The van der Waals surface area contributed by atoms with E-state index >= 15 is 0 Å². The molecule has 1 aromatic carbocycles. The number of hydrogen-bond donors (Lipinski definition) is 1. The van der Waals surface area contributed by atoms with Gasteiger partial charge in [0, 0.05) is 32.7 Å². The topological polar surface area (TPSA) is 53.0 Å². The molecule has 132 valence electrons. The van der Waals surface area contributed by atoms with Gasteiger partial charge in [-0.05, 0) is 31.2 Å². The number of carbonyl (C=O) groups is 1. The highest BCUT2D eigenvalue weighted by Gasteiger charge is 2.33. The lowest BCUT2D eigenvalue weighted by Gasteiger charge is -2.38. The van der Waals surface area contributed by atoms with Crippen LogP contribution in [0, 0.1) is 5.92 Å². The molecule has 5 heteroatoms. The summed E-state index contributed by atoms with van der Waals surface area (Å²) in [6, 6.07) is 10.3. The van der Waals surface area contributed by atoms with E-state index in [1.54, 1.807) is 0 Å². The van der Waals surface area contributed by atoms with Crippen LogP contribution < -0.4 is 0 Å². The molecule has 2 fully saturated rings. The molecule has 24 heavy (non-hydrogen) atoms. The molecule has 0 aliphatic carbocycles. The fourth-order valence-corrected chi connectivity index (χ4v) is 3.64. The first kappa shape index (κ1) is 17.4. The first-order valence-electron chi connectivity index (χ1n) is 8.98. The van der Waals surface area contributed by atoms with Crippen molar-refractivity contribution < 1.29 is 14.6 Å². The molecule has 2 aliphatic heterocycles. The maximum absolute atomic E-state index is 12.7. The van der Waals surface area contributed by atoms with Crippen LogP contribution in [0.4, 0.5) is 0 Å². The minimum absolute atomic E-state index is 0.108. The molecule has 2 saturated heterocycles. The molecule has 0 saturated carbocycles. The first-order chi connectivity index (χ1) is 11.6. The Bertz CT molecular complexity index is 527. The van der Waals surface area contributed by atoms with Crippen molar-refractivity contribution in [2.75, 3.05) is 32.8 Å². The van der Waals surface area contributed by atoms with Gasteiger partial charge in [-0.15, -0.1) is 0 Å². The number of carbonyl (C=O) groups excluding carboxylic acids is 1. The van der Waals surface area contributed by atoms with E-state index in [1.165, 1.54) is 5.56 Å². The number of ether oxygens (including phenoxy) is 1. The number of benzene rings is 1. The van der Waals surface area contributed by atoms with Gasteiger partial charge in [-0.3, -0.25) is 9.69 Å². The lowest BCUT2D eigenvalue weighted by molar-refractivity contribution is -0.151. The number of morpholine rings is 1. The van der Waals surface area contributed by atoms with Crippen LogP contribution in [0.15, 0.2) is 30.3 Å². The molecule has 0 radical (unpaired) electrons. The fraction of sp³-hybridized carbons (Fsp3) is 0.632. The van der Waals surface area contributed by atoms with E-state index in [4.69, 9.17) is 4.74 Å². The Morgan fingerprint density at radius 2 is 1.96 bits per heavy atom. The number of hydrogen-bond acceptors (Lipinski definition) is 4. The highest BCUT2D eigenvalue weighted by atomic mass is 16.5. The molecule has 5 nitrogen and oxygen atoms in total. The van der Waals surface area contributed by atoms with Crippen molar-refractivity contribution in [1.29, 1.82) is 0 Å². The predicted octanol–water partition coefficient (Wildman–Crippen LogP) is 1.51. The number of rotatable bonds is 4. The van der Waals surface area contributed by atoms with E-state index in [0.29, 0.717) is 19.1 Å². The Morgan fingerprint density at radius 3 is 2.62 bits per heavy atom. The van der Waals surface area contributed by atoms with E-state index in [-0.39, 0.29) is 18.1 Å². The van der Waals surface area contributed by atoms with Crippen LogP contribution in [0.5, 0.6) is 0 Å². The second-order valence-electron chi connectivity index (χ2n) is 6.98. The minimum Gasteiger partial charge on any atom is -0.393 e. The van der Waals surface area contributed by atoms with Crippen molar-refractivity contribution in [3.8, 4) is 0 Å². The van der Waals surface area contributed by atoms with E-state index in [0.717, 1.165) is 39.0 Å². The van der Waals surface area contributed by atoms with Gasteiger partial charge >= 0.3 is 0 Å². The van der Waals surface area contributed by atoms with Gasteiger partial charge in [0.25, 0.3) is 5.91 Å². The Hall–Kier alpha value is -1.43. The van der Waals surface area contributed by atoms with Crippen LogP contribution >= 0.6 is 0 Å². The first-order valence-corrected chi connectivity index (χ1v) is 8.98. The summed E-state index contributed by atoms with van der Waals surface area (Å²) in [6.45, 7) is 6.28. The number of amides is 1. The zero-order chi connectivity index (χ0) is 16.9. The van der Waals surface area contributed by atoms with Crippen molar-refractivity contribution in [3.63, 3.8) is 0 Å². The van der Waals surface area contributed by atoms with Crippen molar-refractivity contribution in [3.05, 3.63) is 35.9 Å². The van der Waals surface area contributed by atoms with Crippen molar-refractivity contribution in [1.82, 2.24) is 9.80 Å². The predicted molar refractivity (Wildman–Crippen MR) is 92.4 cm³/mol. The van der Waals surface area contributed by atoms with Gasteiger partial charge in [-0.25, -0.2) is 0 Å². The highest BCUT2D eigenvalue weighted by molar-refractivity contribution is 5.81. The average molecular weight is 332 g/mol. The standard InChI is InChI=1S/C19H28N2O3/c1-15(22)17-7-9-21(10-8-17)19(23)18-14-20(11-12-24-18)13-16-5-3-2-4-6-16/h2-6,15,17-18,22H,7-14H2,1H3/t15-,18-/m0/s1. The average Bonchev–Trinajstić information content (AvgIpc) is 2.62. The van der Waals surface area contributed by atoms with Gasteiger partial charge in [0.2, 0.25) is 0 Å². The molecule has 2 heterocycles. The summed E-state index contributed by atoms with van der Waals surface area (Å²) in [5, 5.41) is 9.69. The maximum Gasteiger partial charge on any atom is 0.253 e. The molecule has 0 aromatic heterocycles. The minimum atomic E-state index is -0.356. The van der Waals surface area contributed by atoms with Crippen LogP contribution in [-0.4, -0.2) is 65.8 Å². The van der Waals surface area contributed by atoms with Gasteiger partial charge in [0.05, 0.1) is 12.7 Å². The Balaban J connectivity index is 1.52.